The molecule has 0 radical (unpaired) electrons. The number of benzene rings is 2. The zero-order valence-electron chi connectivity index (χ0n) is 18.3. The maximum absolute atomic E-state index is 13.4. The van der Waals surface area contributed by atoms with E-state index in [4.69, 9.17) is 0 Å². The third-order valence-corrected chi connectivity index (χ3v) is 7.58. The van der Waals surface area contributed by atoms with Crippen molar-refractivity contribution in [2.24, 2.45) is 0 Å². The van der Waals surface area contributed by atoms with Gasteiger partial charge in [-0.3, -0.25) is 14.6 Å². The predicted octanol–water partition coefficient (Wildman–Crippen LogP) is 3.52. The van der Waals surface area contributed by atoms with Crippen LogP contribution in [-0.4, -0.2) is 64.4 Å². The molecular weight excluding hydrogens is 386 g/mol. The Labute approximate surface area is 184 Å². The number of imide groups is 1. The number of piperidine rings is 1. The van der Waals surface area contributed by atoms with Gasteiger partial charge < -0.3 is 4.90 Å². The van der Waals surface area contributed by atoms with Crippen molar-refractivity contribution in [2.75, 3.05) is 26.2 Å². The molecule has 2 aliphatic heterocycles. The Morgan fingerprint density at radius 2 is 1.52 bits per heavy atom. The van der Waals surface area contributed by atoms with E-state index in [1.54, 1.807) is 0 Å². The molecule has 2 heterocycles. The molecule has 2 saturated heterocycles. The molecule has 2 aromatic carbocycles. The van der Waals surface area contributed by atoms with Crippen molar-refractivity contribution in [3.8, 4) is 0 Å². The van der Waals surface area contributed by atoms with E-state index in [0.29, 0.717) is 19.1 Å². The van der Waals surface area contributed by atoms with E-state index in [0.717, 1.165) is 45.2 Å². The molecule has 5 heteroatoms. The molecule has 5 nitrogen and oxygen atoms in total. The minimum Gasteiger partial charge on any atom is -0.309 e. The molecule has 0 N–H and O–H groups in total. The lowest BCUT2D eigenvalue weighted by atomic mass is 9.84. The number of amides is 3. The maximum atomic E-state index is 13.4. The van der Waals surface area contributed by atoms with Crippen LogP contribution in [0.4, 0.5) is 4.79 Å². The van der Waals surface area contributed by atoms with Crippen molar-refractivity contribution < 1.29 is 9.59 Å². The SMILES string of the molecule is CCN1C(=O)N(CCc2ccccc2)C2(CCN(C3Cc4ccccc4C3)CC2)C1=O. The number of nitrogens with zero attached hydrogens (tertiary/aromatic N) is 3. The summed E-state index contributed by atoms with van der Waals surface area (Å²) in [4.78, 5) is 32.5. The molecule has 0 aromatic heterocycles. The van der Waals surface area contributed by atoms with Crippen molar-refractivity contribution in [1.29, 1.82) is 0 Å². The molecule has 5 rings (SSSR count). The van der Waals surface area contributed by atoms with Crippen LogP contribution >= 0.6 is 0 Å². The number of urea groups is 1. The second kappa shape index (κ2) is 8.12. The van der Waals surface area contributed by atoms with Gasteiger partial charge in [0.2, 0.25) is 0 Å². The molecule has 3 amide bonds. The van der Waals surface area contributed by atoms with Crippen molar-refractivity contribution >= 4 is 11.9 Å². The zero-order valence-corrected chi connectivity index (χ0v) is 18.3. The number of fused-ring (bicyclic) bond motifs is 1. The highest BCUT2D eigenvalue weighted by atomic mass is 16.2. The van der Waals surface area contributed by atoms with Crippen molar-refractivity contribution in [3.05, 3.63) is 71.3 Å². The van der Waals surface area contributed by atoms with E-state index < -0.39 is 5.54 Å². The average Bonchev–Trinajstić information content (AvgIpc) is 3.32. The van der Waals surface area contributed by atoms with Gasteiger partial charge in [-0.1, -0.05) is 54.6 Å². The molecule has 162 valence electrons. The lowest BCUT2D eigenvalue weighted by Gasteiger charge is -2.44. The fraction of sp³-hybridized carbons (Fsp3) is 0.462. The molecule has 1 aliphatic carbocycles. The van der Waals surface area contributed by atoms with Gasteiger partial charge in [-0.2, -0.15) is 0 Å². The Morgan fingerprint density at radius 1 is 0.903 bits per heavy atom. The van der Waals surface area contributed by atoms with Crippen LogP contribution in [0.25, 0.3) is 0 Å². The average molecular weight is 418 g/mol. The molecule has 0 unspecified atom stereocenters. The van der Waals surface area contributed by atoms with E-state index in [2.05, 4.69) is 41.3 Å². The zero-order chi connectivity index (χ0) is 21.4. The van der Waals surface area contributed by atoms with Crippen molar-refractivity contribution in [2.45, 2.75) is 50.6 Å². The summed E-state index contributed by atoms with van der Waals surface area (Å²) in [5, 5.41) is 0. The van der Waals surface area contributed by atoms with Gasteiger partial charge in [0.05, 0.1) is 0 Å². The van der Waals surface area contributed by atoms with Crippen molar-refractivity contribution in [1.82, 2.24) is 14.7 Å². The van der Waals surface area contributed by atoms with E-state index in [1.807, 2.05) is 30.0 Å². The first-order valence-corrected chi connectivity index (χ1v) is 11.6. The summed E-state index contributed by atoms with van der Waals surface area (Å²) in [6, 6.07) is 19.4. The quantitative estimate of drug-likeness (QED) is 0.700. The second-order valence-corrected chi connectivity index (χ2v) is 9.12. The first-order valence-electron chi connectivity index (χ1n) is 11.6. The number of carbonyl (C=O) groups excluding carboxylic acids is 2. The first kappa shape index (κ1) is 20.3. The van der Waals surface area contributed by atoms with Crippen LogP contribution in [-0.2, 0) is 24.1 Å². The summed E-state index contributed by atoms with van der Waals surface area (Å²) in [5.74, 6) is 0.0161. The molecule has 0 bridgehead atoms. The number of hydrogen-bond acceptors (Lipinski definition) is 3. The molecule has 3 aliphatic rings. The Balaban J connectivity index is 1.31. The van der Waals surface area contributed by atoms with Crippen LogP contribution in [0.3, 0.4) is 0 Å². The Kier molecular flexibility index (Phi) is 5.30. The van der Waals surface area contributed by atoms with Crippen LogP contribution in [0.2, 0.25) is 0 Å². The summed E-state index contributed by atoms with van der Waals surface area (Å²) in [6.07, 6.45) is 4.43. The highest BCUT2D eigenvalue weighted by Gasteiger charge is 2.57. The van der Waals surface area contributed by atoms with Crippen LogP contribution in [0.15, 0.2) is 54.6 Å². The summed E-state index contributed by atoms with van der Waals surface area (Å²) in [7, 11) is 0. The minimum absolute atomic E-state index is 0.0161. The molecule has 0 atom stereocenters. The molecule has 31 heavy (non-hydrogen) atoms. The van der Waals surface area contributed by atoms with E-state index in [9.17, 15) is 9.59 Å². The van der Waals surface area contributed by atoms with Gasteiger partial charge in [-0.15, -0.1) is 0 Å². The van der Waals surface area contributed by atoms with Gasteiger partial charge in [-0.05, 0) is 55.7 Å². The highest BCUT2D eigenvalue weighted by Crippen LogP contribution is 2.39. The molecule has 1 spiro atoms. The largest absolute Gasteiger partial charge is 0.327 e. The number of likely N-dealkylation sites (tertiary alicyclic amines) is 1. The molecule has 2 fully saturated rings. The fourth-order valence-corrected chi connectivity index (χ4v) is 5.79. The van der Waals surface area contributed by atoms with Crippen LogP contribution in [0.1, 0.15) is 36.5 Å². The summed E-state index contributed by atoms with van der Waals surface area (Å²) in [6.45, 7) is 4.69. The number of likely N-dealkylation sites (N-methyl/N-ethyl adjacent to an activating group) is 1. The standard InChI is InChI=1S/C26H31N3O2/c1-2-28-24(30)26(29(25(28)31)15-12-20-8-4-3-5-9-20)13-16-27(17-14-26)23-18-21-10-6-7-11-22(21)19-23/h3-11,23H,2,12-19H2,1H3. The topological polar surface area (TPSA) is 43.9 Å². The fourth-order valence-electron chi connectivity index (χ4n) is 5.79. The lowest BCUT2D eigenvalue weighted by molar-refractivity contribution is -0.135. The molecular formula is C26H31N3O2. The van der Waals surface area contributed by atoms with Gasteiger partial charge in [0.15, 0.2) is 0 Å². The summed E-state index contributed by atoms with van der Waals surface area (Å²) < 4.78 is 0. The van der Waals surface area contributed by atoms with Gasteiger partial charge in [-0.25, -0.2) is 4.79 Å². The minimum atomic E-state index is -0.663. The van der Waals surface area contributed by atoms with Gasteiger partial charge in [0.25, 0.3) is 5.91 Å². The van der Waals surface area contributed by atoms with Gasteiger partial charge >= 0.3 is 6.03 Å². The number of rotatable bonds is 5. The second-order valence-electron chi connectivity index (χ2n) is 9.12. The molecule has 0 saturated carbocycles. The van der Waals surface area contributed by atoms with E-state index in [1.165, 1.54) is 21.6 Å². The molecule has 2 aromatic rings. The number of carbonyl (C=O) groups is 2. The lowest BCUT2D eigenvalue weighted by Crippen LogP contribution is -2.58. The monoisotopic (exact) mass is 417 g/mol. The van der Waals surface area contributed by atoms with E-state index >= 15 is 0 Å². The third-order valence-electron chi connectivity index (χ3n) is 7.58. The maximum Gasteiger partial charge on any atom is 0.327 e. The first-order chi connectivity index (χ1) is 15.1. The number of hydrogen-bond donors (Lipinski definition) is 0. The Hall–Kier alpha value is -2.66. The van der Waals surface area contributed by atoms with Gasteiger partial charge in [0, 0.05) is 32.2 Å². The Morgan fingerprint density at radius 3 is 2.13 bits per heavy atom. The predicted molar refractivity (Wildman–Crippen MR) is 121 cm³/mol. The normalized spacial score (nSPS) is 21.3. The van der Waals surface area contributed by atoms with Crippen LogP contribution < -0.4 is 0 Å². The summed E-state index contributed by atoms with van der Waals surface area (Å²) >= 11 is 0. The van der Waals surface area contributed by atoms with E-state index in [-0.39, 0.29) is 11.9 Å². The Bertz CT molecular complexity index is 941. The third kappa shape index (κ3) is 3.45. The van der Waals surface area contributed by atoms with Gasteiger partial charge in [0.1, 0.15) is 5.54 Å². The van der Waals surface area contributed by atoms with Crippen LogP contribution in [0.5, 0.6) is 0 Å². The van der Waals surface area contributed by atoms with Crippen molar-refractivity contribution in [3.63, 3.8) is 0 Å². The smallest absolute Gasteiger partial charge is 0.309 e. The summed E-state index contributed by atoms with van der Waals surface area (Å²) in [5.41, 5.74) is 3.46. The highest BCUT2D eigenvalue weighted by molar-refractivity contribution is 6.07. The van der Waals surface area contributed by atoms with Crippen LogP contribution in [0, 0.1) is 0 Å².